The molecule has 0 aliphatic rings. The van der Waals surface area contributed by atoms with Crippen LogP contribution in [0.15, 0.2) is 60.2 Å². The number of nitrogens with one attached hydrogen (secondary N) is 2. The molecule has 0 atom stereocenters. The first-order valence-corrected chi connectivity index (χ1v) is 9.06. The fraction of sp³-hybridized carbons (Fsp3) is 0.263. The number of hydrogen-bond donors (Lipinski definition) is 2. The van der Waals surface area contributed by atoms with Gasteiger partial charge in [-0.05, 0) is 29.2 Å². The number of nitrogens with zero attached hydrogens (tertiary/aromatic N) is 5. The maximum atomic E-state index is 5.80. The second kappa shape index (κ2) is 11.6. The number of pyridine rings is 1. The first-order chi connectivity index (χ1) is 13.2. The van der Waals surface area contributed by atoms with Gasteiger partial charge < -0.3 is 10.6 Å². The van der Waals surface area contributed by atoms with Crippen molar-refractivity contribution >= 4 is 41.5 Å². The lowest BCUT2D eigenvalue weighted by atomic mass is 10.1. The Kier molecular flexibility index (Phi) is 9.15. The first-order valence-electron chi connectivity index (χ1n) is 8.68. The van der Waals surface area contributed by atoms with Crippen LogP contribution in [0.3, 0.4) is 0 Å². The molecule has 3 aromatic rings. The molecule has 1 aromatic carbocycles. The van der Waals surface area contributed by atoms with Crippen LogP contribution in [0.4, 0.5) is 0 Å². The number of aliphatic imine (C=N–C) groups is 1. The molecule has 0 aliphatic carbocycles. The number of benzene rings is 1. The fourth-order valence-electron chi connectivity index (χ4n) is 2.63. The smallest absolute Gasteiger partial charge is 0.191 e. The highest BCUT2D eigenvalue weighted by molar-refractivity contribution is 14.0. The lowest BCUT2D eigenvalue weighted by Gasteiger charge is -2.12. The Bertz CT molecular complexity index is 866. The minimum absolute atomic E-state index is 0. The first kappa shape index (κ1) is 22.1. The summed E-state index contributed by atoms with van der Waals surface area (Å²) in [6.07, 6.45) is 5.90. The van der Waals surface area contributed by atoms with Crippen LogP contribution in [0.5, 0.6) is 0 Å². The van der Waals surface area contributed by atoms with E-state index in [-0.39, 0.29) is 24.0 Å². The summed E-state index contributed by atoms with van der Waals surface area (Å²) in [5.41, 5.74) is 3.48. The predicted molar refractivity (Wildman–Crippen MR) is 122 cm³/mol. The van der Waals surface area contributed by atoms with Gasteiger partial charge in [0, 0.05) is 26.3 Å². The minimum Gasteiger partial charge on any atom is -0.356 e. The summed E-state index contributed by atoms with van der Waals surface area (Å²) in [6, 6.07) is 12.2. The van der Waals surface area contributed by atoms with E-state index in [4.69, 9.17) is 11.6 Å². The molecule has 2 heterocycles. The zero-order valence-corrected chi connectivity index (χ0v) is 18.6. The molecule has 2 N–H and O–H groups in total. The van der Waals surface area contributed by atoms with Crippen LogP contribution in [-0.4, -0.2) is 39.3 Å². The monoisotopic (exact) mass is 511 g/mol. The Morgan fingerprint density at radius 1 is 1.14 bits per heavy atom. The summed E-state index contributed by atoms with van der Waals surface area (Å²) in [6.45, 7) is 2.15. The Balaban J connectivity index is 0.00000280. The van der Waals surface area contributed by atoms with Crippen molar-refractivity contribution in [3.8, 4) is 0 Å². The summed E-state index contributed by atoms with van der Waals surface area (Å²) < 4.78 is 1.80. The van der Waals surface area contributed by atoms with Gasteiger partial charge in [0.2, 0.25) is 0 Å². The molecule has 148 valence electrons. The minimum atomic E-state index is 0. The van der Waals surface area contributed by atoms with Gasteiger partial charge in [-0.1, -0.05) is 41.9 Å². The molecule has 0 bridgehead atoms. The molecule has 0 saturated carbocycles. The van der Waals surface area contributed by atoms with Gasteiger partial charge in [0.25, 0.3) is 0 Å². The lowest BCUT2D eigenvalue weighted by molar-refractivity contribution is 0.683. The van der Waals surface area contributed by atoms with Gasteiger partial charge in [-0.15, -0.1) is 24.0 Å². The van der Waals surface area contributed by atoms with E-state index in [9.17, 15) is 0 Å². The molecule has 0 saturated heterocycles. The summed E-state index contributed by atoms with van der Waals surface area (Å²) in [7, 11) is 1.76. The Labute approximate surface area is 186 Å². The predicted octanol–water partition coefficient (Wildman–Crippen LogP) is 2.90. The van der Waals surface area contributed by atoms with E-state index in [1.165, 1.54) is 11.1 Å². The summed E-state index contributed by atoms with van der Waals surface area (Å²) in [4.78, 5) is 12.3. The maximum Gasteiger partial charge on any atom is 0.191 e. The van der Waals surface area contributed by atoms with Crippen molar-refractivity contribution in [3.05, 3.63) is 77.1 Å². The highest BCUT2D eigenvalue weighted by Crippen LogP contribution is 2.07. The van der Waals surface area contributed by atoms with Crippen LogP contribution < -0.4 is 10.6 Å². The molecular weight excluding hydrogens is 489 g/mol. The lowest BCUT2D eigenvalue weighted by Crippen LogP contribution is -2.37. The molecule has 0 spiro atoms. The molecule has 7 nitrogen and oxygen atoms in total. The van der Waals surface area contributed by atoms with E-state index >= 15 is 0 Å². The molecule has 28 heavy (non-hydrogen) atoms. The number of hydrogen-bond acceptors (Lipinski definition) is 4. The summed E-state index contributed by atoms with van der Waals surface area (Å²) >= 11 is 5.80. The average Bonchev–Trinajstić information content (AvgIpc) is 3.19. The molecule has 0 radical (unpaired) electrons. The van der Waals surface area contributed by atoms with Crippen molar-refractivity contribution in [2.45, 2.75) is 19.5 Å². The van der Waals surface area contributed by atoms with E-state index in [1.54, 1.807) is 36.6 Å². The fourth-order valence-corrected chi connectivity index (χ4v) is 2.74. The van der Waals surface area contributed by atoms with Crippen molar-refractivity contribution in [1.29, 1.82) is 0 Å². The Morgan fingerprint density at radius 3 is 2.71 bits per heavy atom. The third-order valence-electron chi connectivity index (χ3n) is 3.98. The standard InChI is InChI=1S/C19H22ClN7.HI/c1-21-19(23-8-7-15-5-6-18(20)24-10-15)25-11-16-3-2-4-17(9-16)12-27-14-22-13-26-27;/h2-6,9-10,13-14H,7-8,11-12H2,1H3,(H2,21,23,25);1H. The summed E-state index contributed by atoms with van der Waals surface area (Å²) in [5, 5.41) is 11.3. The van der Waals surface area contributed by atoms with Gasteiger partial charge in [0.05, 0.1) is 6.54 Å². The van der Waals surface area contributed by atoms with Crippen LogP contribution in [0.1, 0.15) is 16.7 Å². The Morgan fingerprint density at radius 2 is 2.00 bits per heavy atom. The maximum absolute atomic E-state index is 5.80. The molecule has 3 rings (SSSR count). The van der Waals surface area contributed by atoms with Crippen LogP contribution in [0.2, 0.25) is 5.15 Å². The number of aromatic nitrogens is 4. The zero-order valence-electron chi connectivity index (χ0n) is 15.5. The number of halogens is 2. The highest BCUT2D eigenvalue weighted by atomic mass is 127. The van der Waals surface area contributed by atoms with Gasteiger partial charge in [-0.2, -0.15) is 5.10 Å². The van der Waals surface area contributed by atoms with E-state index in [1.807, 2.05) is 12.1 Å². The third kappa shape index (κ3) is 7.08. The topological polar surface area (TPSA) is 80.0 Å². The SMILES string of the molecule is CN=C(NCCc1ccc(Cl)nc1)NCc1cccc(Cn2cncn2)c1.I. The van der Waals surface area contributed by atoms with Crippen molar-refractivity contribution in [2.24, 2.45) is 4.99 Å². The average molecular weight is 512 g/mol. The van der Waals surface area contributed by atoms with Crippen LogP contribution >= 0.6 is 35.6 Å². The second-order valence-corrected chi connectivity index (χ2v) is 6.39. The molecule has 9 heteroatoms. The van der Waals surface area contributed by atoms with E-state index < -0.39 is 0 Å². The molecule has 0 fully saturated rings. The van der Waals surface area contributed by atoms with Gasteiger partial charge in [-0.3, -0.25) is 4.99 Å². The van der Waals surface area contributed by atoms with Gasteiger partial charge in [-0.25, -0.2) is 14.6 Å². The van der Waals surface area contributed by atoms with E-state index in [2.05, 4.69) is 48.9 Å². The molecule has 0 unspecified atom stereocenters. The quantitative estimate of drug-likeness (QED) is 0.221. The van der Waals surface area contributed by atoms with E-state index in [0.29, 0.717) is 18.2 Å². The third-order valence-corrected chi connectivity index (χ3v) is 4.20. The second-order valence-electron chi connectivity index (χ2n) is 6.00. The van der Waals surface area contributed by atoms with Crippen molar-refractivity contribution in [2.75, 3.05) is 13.6 Å². The van der Waals surface area contributed by atoms with Crippen molar-refractivity contribution < 1.29 is 0 Å². The molecule has 0 aliphatic heterocycles. The molecule has 2 aromatic heterocycles. The Hall–Kier alpha value is -2.20. The molecular formula is C19H23ClIN7. The van der Waals surface area contributed by atoms with Crippen molar-refractivity contribution in [1.82, 2.24) is 30.4 Å². The van der Waals surface area contributed by atoms with Crippen LogP contribution in [0, 0.1) is 0 Å². The van der Waals surface area contributed by atoms with Gasteiger partial charge in [0.15, 0.2) is 5.96 Å². The number of guanidine groups is 1. The van der Waals surface area contributed by atoms with Crippen LogP contribution in [0.25, 0.3) is 0 Å². The van der Waals surface area contributed by atoms with Crippen LogP contribution in [-0.2, 0) is 19.5 Å². The number of rotatable bonds is 7. The normalized spacial score (nSPS) is 11.0. The van der Waals surface area contributed by atoms with Gasteiger partial charge in [0.1, 0.15) is 17.8 Å². The van der Waals surface area contributed by atoms with Gasteiger partial charge >= 0.3 is 0 Å². The highest BCUT2D eigenvalue weighted by Gasteiger charge is 2.02. The largest absolute Gasteiger partial charge is 0.356 e. The van der Waals surface area contributed by atoms with Crippen molar-refractivity contribution in [3.63, 3.8) is 0 Å². The zero-order chi connectivity index (χ0) is 18.9. The molecule has 0 amide bonds. The van der Waals surface area contributed by atoms with E-state index in [0.717, 1.165) is 24.5 Å². The summed E-state index contributed by atoms with van der Waals surface area (Å²) in [5.74, 6) is 0.763.